The van der Waals surface area contributed by atoms with Crippen molar-refractivity contribution in [3.05, 3.63) is 109 Å². The summed E-state index contributed by atoms with van der Waals surface area (Å²) in [4.78, 5) is 27.9. The Balaban J connectivity index is 1.11. The summed E-state index contributed by atoms with van der Waals surface area (Å²) in [5.74, 6) is -0.294. The van der Waals surface area contributed by atoms with Crippen LogP contribution in [0.15, 0.2) is 77.5 Å². The Hall–Kier alpha value is -2.93. The predicted molar refractivity (Wildman–Crippen MR) is 127 cm³/mol. The number of carbonyl (C=O) groups is 2. The van der Waals surface area contributed by atoms with Gasteiger partial charge in [-0.15, -0.1) is 0 Å². The first-order chi connectivity index (χ1) is 15.7. The Morgan fingerprint density at radius 2 is 1.78 bits per heavy atom. The normalized spacial score (nSPS) is 18.4. The number of carbonyl (C=O) groups excluding carboxylic acids is 2. The molecule has 3 nitrogen and oxygen atoms in total. The van der Waals surface area contributed by atoms with Crippen LogP contribution in [0.2, 0.25) is 0 Å². The van der Waals surface area contributed by atoms with Crippen LogP contribution in [0.4, 0.5) is 0 Å². The van der Waals surface area contributed by atoms with E-state index in [1.807, 2.05) is 18.2 Å². The molecule has 0 radical (unpaired) electrons. The van der Waals surface area contributed by atoms with Crippen molar-refractivity contribution in [2.45, 2.75) is 25.9 Å². The van der Waals surface area contributed by atoms with Crippen LogP contribution < -0.4 is 0 Å². The first-order valence-electron chi connectivity index (χ1n) is 10.9. The van der Waals surface area contributed by atoms with Crippen LogP contribution in [0.1, 0.15) is 47.4 Å². The maximum atomic E-state index is 12.7. The van der Waals surface area contributed by atoms with Gasteiger partial charge in [-0.2, -0.15) is 0 Å². The van der Waals surface area contributed by atoms with E-state index in [1.165, 1.54) is 22.2 Å². The van der Waals surface area contributed by atoms with Crippen LogP contribution in [0.5, 0.6) is 0 Å². The van der Waals surface area contributed by atoms with Crippen molar-refractivity contribution in [3.63, 3.8) is 0 Å². The van der Waals surface area contributed by atoms with Crippen molar-refractivity contribution in [2.75, 3.05) is 0 Å². The van der Waals surface area contributed by atoms with E-state index in [1.54, 1.807) is 24.7 Å². The summed E-state index contributed by atoms with van der Waals surface area (Å²) in [6.45, 7) is 2.01. The number of Topliss-reactive ketones (excluding diaryl/α,β-unsaturated/α-hetero) is 2. The minimum absolute atomic E-state index is 0.147. The topological polar surface area (TPSA) is 37.4 Å². The van der Waals surface area contributed by atoms with Crippen LogP contribution in [0.3, 0.4) is 0 Å². The van der Waals surface area contributed by atoms with Crippen molar-refractivity contribution >= 4 is 46.9 Å². The van der Waals surface area contributed by atoms with Gasteiger partial charge >= 0.3 is 196 Å². The molecule has 0 bridgehead atoms. The van der Waals surface area contributed by atoms with E-state index in [9.17, 15) is 9.59 Å². The standard InChI is InChI=1S/C28H19NO2Te/c30-27-20-6-1-2-7-21(20)28(31)23(27)11-16-8-9-19(10-16)29-14-24-22-12-17-4-3-5-18(17)13-25(22)32-26(24)15-29/h1-3,5-9,11-13H,4,10,14-15H2. The molecular formula is C28H19NO2Te. The summed E-state index contributed by atoms with van der Waals surface area (Å²) >= 11 is -0.281. The Kier molecular flexibility index (Phi) is 3.95. The average Bonchev–Trinajstić information content (AvgIpc) is 3.60. The van der Waals surface area contributed by atoms with Crippen molar-refractivity contribution in [3.8, 4) is 0 Å². The zero-order chi connectivity index (χ0) is 21.4. The van der Waals surface area contributed by atoms with Gasteiger partial charge in [-0.3, -0.25) is 0 Å². The Labute approximate surface area is 195 Å². The molecule has 7 rings (SSSR count). The zero-order valence-corrected chi connectivity index (χ0v) is 19.7. The van der Waals surface area contributed by atoms with E-state index in [-0.39, 0.29) is 32.0 Å². The van der Waals surface area contributed by atoms with Gasteiger partial charge in [0.1, 0.15) is 0 Å². The molecule has 1 aliphatic heterocycles. The number of benzene rings is 2. The molecule has 0 amide bonds. The minimum atomic E-state index is -0.281. The molecule has 2 heterocycles. The number of fused-ring (bicyclic) bond motifs is 5. The second kappa shape index (κ2) is 6.78. The Morgan fingerprint density at radius 3 is 2.59 bits per heavy atom. The number of hydrogen-bond acceptors (Lipinski definition) is 3. The SMILES string of the molecule is O=C1C(=CC2=CC=C(N3Cc4[te]c5cc6c(cc5c4C3)CC=C6)C2)C(=O)c2ccccc21. The number of nitrogens with zero attached hydrogens (tertiary/aromatic N) is 1. The number of hydrogen-bond donors (Lipinski definition) is 0. The molecule has 4 aliphatic rings. The predicted octanol–water partition coefficient (Wildman–Crippen LogP) is 5.00. The molecule has 0 unspecified atom stereocenters. The summed E-state index contributed by atoms with van der Waals surface area (Å²) in [6, 6.07) is 12.0. The van der Waals surface area contributed by atoms with Gasteiger partial charge in [-0.25, -0.2) is 0 Å². The molecule has 0 spiro atoms. The second-order valence-electron chi connectivity index (χ2n) is 8.85. The van der Waals surface area contributed by atoms with E-state index in [2.05, 4.69) is 41.3 Å². The van der Waals surface area contributed by atoms with Gasteiger partial charge in [0.25, 0.3) is 0 Å². The van der Waals surface area contributed by atoms with Crippen LogP contribution in [0, 0.1) is 0 Å². The third-order valence-electron chi connectivity index (χ3n) is 6.97. The van der Waals surface area contributed by atoms with Crippen molar-refractivity contribution < 1.29 is 9.59 Å². The van der Waals surface area contributed by atoms with E-state index < -0.39 is 0 Å². The first kappa shape index (κ1) is 18.6. The van der Waals surface area contributed by atoms with E-state index in [0.717, 1.165) is 31.5 Å². The van der Waals surface area contributed by atoms with Crippen LogP contribution in [-0.4, -0.2) is 36.9 Å². The quantitative estimate of drug-likeness (QED) is 0.267. The van der Waals surface area contributed by atoms with E-state index in [0.29, 0.717) is 16.7 Å². The van der Waals surface area contributed by atoms with Gasteiger partial charge in [0, 0.05) is 0 Å². The second-order valence-corrected chi connectivity index (χ2v) is 12.1. The van der Waals surface area contributed by atoms with Crippen LogP contribution in [0.25, 0.3) is 14.9 Å². The number of ketones is 2. The average molecular weight is 529 g/mol. The molecule has 0 saturated heterocycles. The fraction of sp³-hybridized carbons (Fsp3) is 0.143. The number of allylic oxidation sites excluding steroid dienone is 6. The first-order valence-corrected chi connectivity index (χ1v) is 13.3. The van der Waals surface area contributed by atoms with Gasteiger partial charge in [-0.1, -0.05) is 0 Å². The van der Waals surface area contributed by atoms with Gasteiger partial charge in [0.2, 0.25) is 0 Å². The monoisotopic (exact) mass is 531 g/mol. The molecule has 154 valence electrons. The Bertz CT molecular complexity index is 1470. The molecule has 2 aromatic carbocycles. The van der Waals surface area contributed by atoms with E-state index in [4.69, 9.17) is 0 Å². The molecule has 0 N–H and O–H groups in total. The van der Waals surface area contributed by atoms with Crippen molar-refractivity contribution in [2.24, 2.45) is 0 Å². The van der Waals surface area contributed by atoms with Gasteiger partial charge < -0.3 is 0 Å². The van der Waals surface area contributed by atoms with Crippen molar-refractivity contribution in [1.82, 2.24) is 4.90 Å². The third-order valence-corrected chi connectivity index (χ3v) is 10.3. The fourth-order valence-electron chi connectivity index (χ4n) is 5.31. The summed E-state index contributed by atoms with van der Waals surface area (Å²) < 4.78 is 3.27. The molecule has 0 atom stereocenters. The third kappa shape index (κ3) is 2.67. The Morgan fingerprint density at radius 1 is 0.969 bits per heavy atom. The summed E-state index contributed by atoms with van der Waals surface area (Å²) in [7, 11) is 0. The molecule has 32 heavy (non-hydrogen) atoms. The molecule has 0 fully saturated rings. The molecule has 4 heteroatoms. The maximum absolute atomic E-state index is 12.7. The molecule has 1 aromatic heterocycles. The fourth-order valence-corrected chi connectivity index (χ4v) is 8.91. The summed E-state index contributed by atoms with van der Waals surface area (Å²) in [6.07, 6.45) is 12.4. The van der Waals surface area contributed by atoms with Crippen LogP contribution >= 0.6 is 0 Å². The van der Waals surface area contributed by atoms with Gasteiger partial charge in [0.05, 0.1) is 0 Å². The van der Waals surface area contributed by atoms with Crippen molar-refractivity contribution in [1.29, 1.82) is 0 Å². The molecule has 0 saturated carbocycles. The zero-order valence-electron chi connectivity index (χ0n) is 17.4. The van der Waals surface area contributed by atoms with E-state index >= 15 is 0 Å². The summed E-state index contributed by atoms with van der Waals surface area (Å²) in [5.41, 5.74) is 8.13. The number of rotatable bonds is 2. The van der Waals surface area contributed by atoms with Gasteiger partial charge in [-0.05, 0) is 0 Å². The summed E-state index contributed by atoms with van der Waals surface area (Å²) in [5, 5.41) is 1.50. The van der Waals surface area contributed by atoms with Gasteiger partial charge in [0.15, 0.2) is 0 Å². The molecule has 3 aromatic rings. The molecule has 3 aliphatic carbocycles. The molecular weight excluding hydrogens is 510 g/mol. The van der Waals surface area contributed by atoms with Crippen LogP contribution in [-0.2, 0) is 19.5 Å².